The van der Waals surface area contributed by atoms with Crippen molar-refractivity contribution in [2.45, 2.75) is 25.2 Å². The maximum Gasteiger partial charge on any atom is 0.340 e. The highest BCUT2D eigenvalue weighted by Crippen LogP contribution is 2.23. The molecule has 1 aromatic rings. The summed E-state index contributed by atoms with van der Waals surface area (Å²) in [5.41, 5.74) is 5.52. The van der Waals surface area contributed by atoms with Crippen molar-refractivity contribution in [3.8, 4) is 5.88 Å². The molecule has 5 nitrogen and oxygen atoms in total. The highest BCUT2D eigenvalue weighted by Gasteiger charge is 2.41. The van der Waals surface area contributed by atoms with Crippen molar-refractivity contribution >= 4 is 18.3 Å². The molecular weight excluding hydrogens is 342 g/mol. The molecule has 3 N–H and O–H groups in total. The largest absolute Gasteiger partial charge is 0.471 e. The fraction of sp³-hybridized carbons (Fsp3) is 0.538. The van der Waals surface area contributed by atoms with E-state index in [1.165, 1.54) is 6.07 Å². The van der Waals surface area contributed by atoms with Crippen molar-refractivity contribution in [2.75, 3.05) is 19.7 Å². The number of carbonyl (C=O) groups is 1. The lowest BCUT2D eigenvalue weighted by Gasteiger charge is -2.15. The van der Waals surface area contributed by atoms with Crippen LogP contribution in [0.25, 0.3) is 0 Å². The minimum Gasteiger partial charge on any atom is -0.471 e. The minimum absolute atomic E-state index is 0. The van der Waals surface area contributed by atoms with Gasteiger partial charge in [0.2, 0.25) is 5.88 Å². The zero-order valence-electron chi connectivity index (χ0n) is 12.1. The van der Waals surface area contributed by atoms with Crippen LogP contribution in [0.15, 0.2) is 18.3 Å². The normalized spacial score (nSPS) is 11.0. The van der Waals surface area contributed by atoms with Gasteiger partial charge in [-0.2, -0.15) is 8.78 Å². The van der Waals surface area contributed by atoms with Crippen LogP contribution >= 0.6 is 12.4 Å². The third-order valence-corrected chi connectivity index (χ3v) is 2.65. The van der Waals surface area contributed by atoms with Gasteiger partial charge in [-0.05, 0) is 25.5 Å². The van der Waals surface area contributed by atoms with Crippen molar-refractivity contribution in [2.24, 2.45) is 5.73 Å². The number of rotatable bonds is 9. The number of ether oxygens (including phenoxy) is 1. The van der Waals surface area contributed by atoms with Crippen LogP contribution in [-0.4, -0.2) is 42.9 Å². The van der Waals surface area contributed by atoms with E-state index in [2.05, 4.69) is 15.0 Å². The summed E-state index contributed by atoms with van der Waals surface area (Å²) in [6.07, 6.45) is -1.18. The summed E-state index contributed by atoms with van der Waals surface area (Å²) in [6.45, 7) is -0.496. The molecule has 0 radical (unpaired) electrons. The second kappa shape index (κ2) is 10.2. The number of unbranched alkanes of at least 4 members (excludes halogenated alkanes) is 1. The van der Waals surface area contributed by atoms with Gasteiger partial charge in [0, 0.05) is 18.8 Å². The molecule has 0 unspecified atom stereocenters. The summed E-state index contributed by atoms with van der Waals surface area (Å²) in [5.74, 6) is -4.89. The Morgan fingerprint density at radius 2 is 2.04 bits per heavy atom. The number of hydrogen-bond donors (Lipinski definition) is 2. The van der Waals surface area contributed by atoms with E-state index in [-0.39, 0.29) is 29.8 Å². The van der Waals surface area contributed by atoms with Crippen LogP contribution in [0, 0.1) is 0 Å². The van der Waals surface area contributed by atoms with Crippen LogP contribution in [0.3, 0.4) is 0 Å². The quantitative estimate of drug-likeness (QED) is 0.523. The third-order valence-electron chi connectivity index (χ3n) is 2.65. The number of carbonyl (C=O) groups excluding carboxylic acids is 1. The molecule has 0 aliphatic rings. The van der Waals surface area contributed by atoms with Crippen LogP contribution in [0.5, 0.6) is 5.88 Å². The standard InChI is InChI=1S/C13H17F4N3O2.ClH/c14-12(15)13(16,17)8-22-10-4-3-9(7-20-10)11(21)19-6-2-1-5-18;/h3-4,7,12H,1-2,5-6,8,18H2,(H,19,21);1H. The second-order valence-electron chi connectivity index (χ2n) is 4.49. The minimum atomic E-state index is -4.25. The predicted molar refractivity (Wildman–Crippen MR) is 78.6 cm³/mol. The molecule has 0 bridgehead atoms. The Morgan fingerprint density at radius 1 is 1.35 bits per heavy atom. The lowest BCUT2D eigenvalue weighted by molar-refractivity contribution is -0.148. The Labute approximate surface area is 137 Å². The van der Waals surface area contributed by atoms with Crippen molar-refractivity contribution in [3.63, 3.8) is 0 Å². The van der Waals surface area contributed by atoms with Crippen LogP contribution in [0.1, 0.15) is 23.2 Å². The smallest absolute Gasteiger partial charge is 0.340 e. The first-order chi connectivity index (χ1) is 10.4. The van der Waals surface area contributed by atoms with E-state index in [9.17, 15) is 22.4 Å². The number of aromatic nitrogens is 1. The number of nitrogens with two attached hydrogens (primary N) is 1. The van der Waals surface area contributed by atoms with Gasteiger partial charge in [-0.1, -0.05) is 0 Å². The lowest BCUT2D eigenvalue weighted by Crippen LogP contribution is -2.33. The second-order valence-corrected chi connectivity index (χ2v) is 4.49. The van der Waals surface area contributed by atoms with Crippen molar-refractivity contribution < 1.29 is 27.1 Å². The van der Waals surface area contributed by atoms with E-state index >= 15 is 0 Å². The number of pyridine rings is 1. The maximum absolute atomic E-state index is 12.7. The van der Waals surface area contributed by atoms with E-state index in [4.69, 9.17) is 5.73 Å². The van der Waals surface area contributed by atoms with Crippen LogP contribution in [-0.2, 0) is 0 Å². The molecule has 10 heteroatoms. The van der Waals surface area contributed by atoms with E-state index in [0.717, 1.165) is 25.1 Å². The van der Waals surface area contributed by atoms with Gasteiger partial charge in [0.25, 0.3) is 5.91 Å². The molecule has 132 valence electrons. The van der Waals surface area contributed by atoms with Gasteiger partial charge in [-0.15, -0.1) is 12.4 Å². The number of halogens is 5. The molecule has 0 aliphatic heterocycles. The van der Waals surface area contributed by atoms with Gasteiger partial charge in [0.05, 0.1) is 5.56 Å². The summed E-state index contributed by atoms with van der Waals surface area (Å²) >= 11 is 0. The molecule has 0 aromatic carbocycles. The van der Waals surface area contributed by atoms with Crippen LogP contribution in [0.4, 0.5) is 17.6 Å². The average Bonchev–Trinajstić information content (AvgIpc) is 2.50. The first-order valence-electron chi connectivity index (χ1n) is 6.60. The highest BCUT2D eigenvalue weighted by atomic mass is 35.5. The molecule has 1 heterocycles. The summed E-state index contributed by atoms with van der Waals surface area (Å²) in [7, 11) is 0. The zero-order valence-corrected chi connectivity index (χ0v) is 12.9. The summed E-state index contributed by atoms with van der Waals surface area (Å²) in [4.78, 5) is 15.3. The van der Waals surface area contributed by atoms with Crippen LogP contribution < -0.4 is 15.8 Å². The lowest BCUT2D eigenvalue weighted by atomic mass is 10.2. The molecule has 1 rings (SSSR count). The van der Waals surface area contributed by atoms with E-state index in [1.807, 2.05) is 0 Å². The molecule has 0 aliphatic carbocycles. The molecule has 0 spiro atoms. The van der Waals surface area contributed by atoms with Crippen LogP contribution in [0.2, 0.25) is 0 Å². The number of nitrogens with one attached hydrogen (secondary N) is 1. The number of hydrogen-bond acceptors (Lipinski definition) is 4. The molecule has 0 fully saturated rings. The Morgan fingerprint density at radius 3 is 2.57 bits per heavy atom. The first kappa shape index (κ1) is 21.4. The third kappa shape index (κ3) is 7.47. The molecule has 0 saturated carbocycles. The molecule has 23 heavy (non-hydrogen) atoms. The van der Waals surface area contributed by atoms with Gasteiger partial charge >= 0.3 is 12.3 Å². The van der Waals surface area contributed by atoms with Crippen molar-refractivity contribution in [1.29, 1.82) is 0 Å². The summed E-state index contributed by atoms with van der Waals surface area (Å²) in [5, 5.41) is 2.63. The van der Waals surface area contributed by atoms with E-state index in [0.29, 0.717) is 13.1 Å². The summed E-state index contributed by atoms with van der Waals surface area (Å²) in [6, 6.07) is 2.47. The number of nitrogens with zero attached hydrogens (tertiary/aromatic N) is 1. The fourth-order valence-corrected chi connectivity index (χ4v) is 1.41. The first-order valence-corrected chi connectivity index (χ1v) is 6.60. The average molecular weight is 360 g/mol. The van der Waals surface area contributed by atoms with Gasteiger partial charge in [0.15, 0.2) is 6.61 Å². The monoisotopic (exact) mass is 359 g/mol. The molecular formula is C13H18ClF4N3O2. The molecule has 0 atom stereocenters. The Hall–Kier alpha value is -1.61. The SMILES string of the molecule is Cl.NCCCCNC(=O)c1ccc(OCC(F)(F)C(F)F)nc1. The van der Waals surface area contributed by atoms with Crippen molar-refractivity contribution in [3.05, 3.63) is 23.9 Å². The van der Waals surface area contributed by atoms with Gasteiger partial charge in [-0.3, -0.25) is 4.79 Å². The predicted octanol–water partition coefficient (Wildman–Crippen LogP) is 2.25. The summed E-state index contributed by atoms with van der Waals surface area (Å²) < 4.78 is 53.7. The molecule has 1 aromatic heterocycles. The van der Waals surface area contributed by atoms with Crippen molar-refractivity contribution in [1.82, 2.24) is 10.3 Å². The Kier molecular flexibility index (Phi) is 9.50. The zero-order chi connectivity index (χ0) is 16.6. The topological polar surface area (TPSA) is 77.2 Å². The number of amides is 1. The number of alkyl halides is 4. The molecule has 1 amide bonds. The van der Waals surface area contributed by atoms with Gasteiger partial charge < -0.3 is 15.8 Å². The van der Waals surface area contributed by atoms with E-state index < -0.39 is 19.0 Å². The highest BCUT2D eigenvalue weighted by molar-refractivity contribution is 5.93. The molecule has 0 saturated heterocycles. The fourth-order valence-electron chi connectivity index (χ4n) is 1.41. The van der Waals surface area contributed by atoms with E-state index in [1.54, 1.807) is 0 Å². The Balaban J connectivity index is 0.00000484. The maximum atomic E-state index is 12.7. The van der Waals surface area contributed by atoms with Gasteiger partial charge in [-0.25, -0.2) is 13.8 Å². The Bertz CT molecular complexity index is 475. The van der Waals surface area contributed by atoms with Gasteiger partial charge in [0.1, 0.15) is 0 Å².